The molecular weight excluding hydrogens is 113 g/mol. The number of nitrogens with zero attached hydrogens (tertiary/aromatic N) is 1. The van der Waals surface area contributed by atoms with Crippen LogP contribution in [0.3, 0.4) is 0 Å². The number of hydrogen-bond acceptors (Lipinski definition) is 2. The Hall–Kier alpha value is 0.0200. The smallest absolute Gasteiger partial charge is 0.128 e. The molecule has 1 unspecified atom stereocenters. The fraction of sp³-hybridized carbons (Fsp3) is 1.00. The molecule has 1 fully saturated rings. The monoisotopic (exact) mass is 120 g/mol. The quantitative estimate of drug-likeness (QED) is 0.438. The van der Waals surface area contributed by atoms with E-state index in [1.165, 1.54) is 0 Å². The largest absolute Gasteiger partial charge is 0.615 e. The van der Waals surface area contributed by atoms with Gasteiger partial charge in [-0.2, -0.15) is 0 Å². The van der Waals surface area contributed by atoms with Gasteiger partial charge in [-0.05, 0) is 4.57 Å². The molecule has 0 saturated carbocycles. The second kappa shape index (κ2) is 1.86. The van der Waals surface area contributed by atoms with Gasteiger partial charge in [0.2, 0.25) is 0 Å². The molecule has 0 N–H and O–H groups in total. The zero-order valence-corrected chi connectivity index (χ0v) is 5.02. The number of likely N-dealkylation sites (N-methyl/N-ethyl adjacent to an activating group) is 1. The maximum atomic E-state index is 10.4. The van der Waals surface area contributed by atoms with E-state index in [1.54, 1.807) is 11.7 Å². The van der Waals surface area contributed by atoms with Crippen LogP contribution in [-0.2, 0) is 9.09 Å². The minimum absolute atomic E-state index is 0.617. The first-order valence-electron chi connectivity index (χ1n) is 2.12. The Balaban J connectivity index is 2.48. The lowest BCUT2D eigenvalue weighted by Gasteiger charge is -1.81. The molecule has 0 spiro atoms. The molecule has 0 bridgehead atoms. The summed E-state index contributed by atoms with van der Waals surface area (Å²) in [6.45, 7) is 1.42. The molecule has 1 aliphatic heterocycles. The van der Waals surface area contributed by atoms with E-state index >= 15 is 0 Å². The summed E-state index contributed by atoms with van der Waals surface area (Å²) in [7, 11) is 0.341. The van der Waals surface area contributed by atoms with E-state index in [1.807, 2.05) is 0 Å². The van der Waals surface area contributed by atoms with E-state index in [9.17, 15) is 4.57 Å². The van der Waals surface area contributed by atoms with Crippen molar-refractivity contribution in [3.05, 3.63) is 0 Å². The fourth-order valence-electron chi connectivity index (χ4n) is 0.431. The Kier molecular flexibility index (Phi) is 1.38. The van der Waals surface area contributed by atoms with Crippen molar-refractivity contribution >= 4 is 8.18 Å². The van der Waals surface area contributed by atoms with Crippen molar-refractivity contribution in [3.8, 4) is 0 Å². The van der Waals surface area contributed by atoms with Crippen molar-refractivity contribution < 1.29 is 9.09 Å². The molecule has 3 nitrogen and oxygen atoms in total. The van der Waals surface area contributed by atoms with Crippen LogP contribution in [0.4, 0.5) is 0 Å². The highest BCUT2D eigenvalue weighted by atomic mass is 31.1. The maximum absolute atomic E-state index is 10.4. The first kappa shape index (κ1) is 5.16. The third-order valence-electron chi connectivity index (χ3n) is 0.895. The fourth-order valence-corrected chi connectivity index (χ4v) is 1.11. The van der Waals surface area contributed by atoms with Gasteiger partial charge in [-0.15, -0.1) is 4.52 Å². The summed E-state index contributed by atoms with van der Waals surface area (Å²) in [6, 6.07) is 0. The second-order valence-corrected chi connectivity index (χ2v) is 2.87. The molecule has 0 aromatic carbocycles. The van der Waals surface area contributed by atoms with E-state index in [0.717, 1.165) is 6.54 Å². The van der Waals surface area contributed by atoms with Crippen LogP contribution >= 0.6 is 8.18 Å². The highest BCUT2D eigenvalue weighted by molar-refractivity contribution is 7.36. The van der Waals surface area contributed by atoms with Gasteiger partial charge in [0.25, 0.3) is 0 Å². The lowest BCUT2D eigenvalue weighted by atomic mass is 10.7. The minimum atomic E-state index is -1.44. The minimum Gasteiger partial charge on any atom is -0.128 e. The molecule has 1 atom stereocenters. The van der Waals surface area contributed by atoms with Gasteiger partial charge in [0.15, 0.2) is 0 Å². The maximum Gasteiger partial charge on any atom is 0.615 e. The first-order chi connectivity index (χ1) is 3.30. The van der Waals surface area contributed by atoms with Crippen LogP contribution < -0.4 is 0 Å². The summed E-state index contributed by atoms with van der Waals surface area (Å²) in [5, 5.41) is 0. The molecule has 7 heavy (non-hydrogen) atoms. The topological polar surface area (TPSA) is 29.5 Å². The normalized spacial score (nSPS) is 29.0. The number of hydrogen-bond donors (Lipinski definition) is 0. The summed E-state index contributed by atoms with van der Waals surface area (Å²) >= 11 is 0. The van der Waals surface area contributed by atoms with Crippen LogP contribution in [-0.4, -0.2) is 24.9 Å². The van der Waals surface area contributed by atoms with Gasteiger partial charge in [-0.1, -0.05) is 4.67 Å². The second-order valence-electron chi connectivity index (χ2n) is 1.45. The summed E-state index contributed by atoms with van der Waals surface area (Å²) in [5.41, 5.74) is 0. The van der Waals surface area contributed by atoms with Crippen LogP contribution in [0.25, 0.3) is 0 Å². The standard InChI is InChI=1S/C3H7NO2P/c1-4-2-3-6-7(4)5/h2-3H2,1H3/q+1. The predicted octanol–water partition coefficient (Wildman–Crippen LogP) is 0.606. The van der Waals surface area contributed by atoms with Gasteiger partial charge in [0.05, 0.1) is 6.54 Å². The number of rotatable bonds is 0. The van der Waals surface area contributed by atoms with Gasteiger partial charge in [0.1, 0.15) is 6.61 Å². The average molecular weight is 120 g/mol. The van der Waals surface area contributed by atoms with E-state index < -0.39 is 8.18 Å². The van der Waals surface area contributed by atoms with E-state index in [4.69, 9.17) is 4.52 Å². The van der Waals surface area contributed by atoms with Crippen LogP contribution in [0.15, 0.2) is 0 Å². The van der Waals surface area contributed by atoms with E-state index in [-0.39, 0.29) is 0 Å². The van der Waals surface area contributed by atoms with Crippen molar-refractivity contribution in [1.82, 2.24) is 4.67 Å². The Bertz CT molecular complexity index is 94.9. The summed E-state index contributed by atoms with van der Waals surface area (Å²) in [6.07, 6.45) is 0. The van der Waals surface area contributed by atoms with Gasteiger partial charge in [-0.3, -0.25) is 0 Å². The molecule has 0 amide bonds. The third-order valence-corrected chi connectivity index (χ3v) is 2.06. The zero-order chi connectivity index (χ0) is 5.28. The lowest BCUT2D eigenvalue weighted by Crippen LogP contribution is -2.03. The van der Waals surface area contributed by atoms with Gasteiger partial charge < -0.3 is 0 Å². The molecule has 0 radical (unpaired) electrons. The van der Waals surface area contributed by atoms with E-state index in [0.29, 0.717) is 6.61 Å². The highest BCUT2D eigenvalue weighted by Crippen LogP contribution is 2.30. The van der Waals surface area contributed by atoms with Crippen molar-refractivity contribution in [2.45, 2.75) is 0 Å². The highest BCUT2D eigenvalue weighted by Gasteiger charge is 2.32. The summed E-state index contributed by atoms with van der Waals surface area (Å²) in [5.74, 6) is 0. The van der Waals surface area contributed by atoms with E-state index in [2.05, 4.69) is 0 Å². The Morgan fingerprint density at radius 3 is 2.71 bits per heavy atom. The molecule has 0 aliphatic carbocycles. The first-order valence-corrected chi connectivity index (χ1v) is 3.25. The molecule has 0 aromatic heterocycles. The summed E-state index contributed by atoms with van der Waals surface area (Å²) < 4.78 is 16.8. The Morgan fingerprint density at radius 2 is 2.57 bits per heavy atom. The van der Waals surface area contributed by atoms with Crippen molar-refractivity contribution in [2.24, 2.45) is 0 Å². The molecular formula is C3H7NO2P+. The van der Waals surface area contributed by atoms with Crippen LogP contribution in [0.5, 0.6) is 0 Å². The Labute approximate surface area is 43.2 Å². The average Bonchev–Trinajstić information content (AvgIpc) is 1.91. The van der Waals surface area contributed by atoms with Gasteiger partial charge in [0, 0.05) is 7.05 Å². The summed E-state index contributed by atoms with van der Waals surface area (Å²) in [4.78, 5) is 0. The molecule has 1 saturated heterocycles. The molecule has 40 valence electrons. The molecule has 1 rings (SSSR count). The molecule has 4 heteroatoms. The SMILES string of the molecule is CN1CCO[P+]1=O. The van der Waals surface area contributed by atoms with Crippen LogP contribution in [0.2, 0.25) is 0 Å². The lowest BCUT2D eigenvalue weighted by molar-refractivity contribution is 0.373. The Morgan fingerprint density at radius 1 is 1.86 bits per heavy atom. The van der Waals surface area contributed by atoms with Crippen molar-refractivity contribution in [2.75, 3.05) is 20.2 Å². The molecule has 1 heterocycles. The predicted molar refractivity (Wildman–Crippen MR) is 26.2 cm³/mol. The van der Waals surface area contributed by atoms with Gasteiger partial charge >= 0.3 is 8.18 Å². The van der Waals surface area contributed by atoms with Gasteiger partial charge in [-0.25, -0.2) is 0 Å². The zero-order valence-electron chi connectivity index (χ0n) is 4.13. The third kappa shape index (κ3) is 0.969. The molecule has 1 aliphatic rings. The van der Waals surface area contributed by atoms with Crippen LogP contribution in [0, 0.1) is 0 Å². The van der Waals surface area contributed by atoms with Crippen molar-refractivity contribution in [3.63, 3.8) is 0 Å². The molecule has 0 aromatic rings. The van der Waals surface area contributed by atoms with Crippen molar-refractivity contribution in [1.29, 1.82) is 0 Å². The van der Waals surface area contributed by atoms with Crippen LogP contribution in [0.1, 0.15) is 0 Å².